The van der Waals surface area contributed by atoms with Gasteiger partial charge in [-0.3, -0.25) is 4.98 Å². The summed E-state index contributed by atoms with van der Waals surface area (Å²) in [5, 5.41) is 0.567. The summed E-state index contributed by atoms with van der Waals surface area (Å²) in [6.07, 6.45) is 4.95. The second kappa shape index (κ2) is 7.07. The third kappa shape index (κ3) is 4.68. The van der Waals surface area contributed by atoms with Crippen LogP contribution in [0, 0.1) is 6.92 Å². The summed E-state index contributed by atoms with van der Waals surface area (Å²) < 4.78 is 11.0. The minimum absolute atomic E-state index is 0.256. The van der Waals surface area contributed by atoms with Crippen molar-refractivity contribution >= 4 is 11.6 Å². The Morgan fingerprint density at radius 2 is 2.00 bits per heavy atom. The maximum Gasteiger partial charge on any atom is 0.213 e. The number of aryl methyl sites for hydroxylation is 1. The number of rotatable bonds is 6. The number of halogens is 1. The standard InChI is InChI=1S/C14H16ClN3O2/c1-10-4-13(7-17-5-10)19-8-12(16)9-20-14-3-2-11(15)6-18-14/h2-7,12H,8-9,16H2,1H3. The van der Waals surface area contributed by atoms with Gasteiger partial charge in [0.1, 0.15) is 19.0 Å². The molecule has 0 saturated heterocycles. The lowest BCUT2D eigenvalue weighted by Crippen LogP contribution is -2.34. The second-order valence-electron chi connectivity index (χ2n) is 4.39. The van der Waals surface area contributed by atoms with E-state index in [0.717, 1.165) is 5.56 Å². The van der Waals surface area contributed by atoms with E-state index in [9.17, 15) is 0 Å². The molecule has 2 heterocycles. The van der Waals surface area contributed by atoms with Crippen LogP contribution < -0.4 is 15.2 Å². The first-order valence-electron chi connectivity index (χ1n) is 6.18. The van der Waals surface area contributed by atoms with Gasteiger partial charge in [-0.05, 0) is 24.6 Å². The predicted octanol–water partition coefficient (Wildman–Crippen LogP) is 2.22. The van der Waals surface area contributed by atoms with Gasteiger partial charge in [0.2, 0.25) is 5.88 Å². The van der Waals surface area contributed by atoms with Crippen molar-refractivity contribution in [1.29, 1.82) is 0 Å². The zero-order chi connectivity index (χ0) is 14.4. The summed E-state index contributed by atoms with van der Waals surface area (Å²) in [6, 6.07) is 5.06. The van der Waals surface area contributed by atoms with Gasteiger partial charge in [-0.1, -0.05) is 11.6 Å². The van der Waals surface area contributed by atoms with Crippen molar-refractivity contribution in [3.8, 4) is 11.6 Å². The molecule has 0 aliphatic carbocycles. The molecule has 0 radical (unpaired) electrons. The smallest absolute Gasteiger partial charge is 0.213 e. The van der Waals surface area contributed by atoms with Crippen LogP contribution >= 0.6 is 11.6 Å². The van der Waals surface area contributed by atoms with Crippen LogP contribution in [0.1, 0.15) is 5.56 Å². The molecule has 0 amide bonds. The second-order valence-corrected chi connectivity index (χ2v) is 4.83. The van der Waals surface area contributed by atoms with Crippen LogP contribution in [0.4, 0.5) is 0 Å². The van der Waals surface area contributed by atoms with E-state index in [-0.39, 0.29) is 6.04 Å². The Bertz CT molecular complexity index is 548. The lowest BCUT2D eigenvalue weighted by Gasteiger charge is -2.14. The SMILES string of the molecule is Cc1cncc(OCC(N)COc2ccc(Cl)cn2)c1. The molecule has 0 fully saturated rings. The molecule has 2 rings (SSSR count). The molecule has 6 heteroatoms. The van der Waals surface area contributed by atoms with E-state index in [1.54, 1.807) is 24.5 Å². The van der Waals surface area contributed by atoms with Gasteiger partial charge in [-0.15, -0.1) is 0 Å². The van der Waals surface area contributed by atoms with Crippen LogP contribution in [0.2, 0.25) is 5.02 Å². The molecule has 1 atom stereocenters. The summed E-state index contributed by atoms with van der Waals surface area (Å²) in [5.74, 6) is 1.19. The fourth-order valence-electron chi connectivity index (χ4n) is 1.50. The number of ether oxygens (including phenoxy) is 2. The van der Waals surface area contributed by atoms with Crippen molar-refractivity contribution < 1.29 is 9.47 Å². The highest BCUT2D eigenvalue weighted by atomic mass is 35.5. The van der Waals surface area contributed by atoms with Crippen molar-refractivity contribution in [2.45, 2.75) is 13.0 Å². The first-order valence-corrected chi connectivity index (χ1v) is 6.55. The Balaban J connectivity index is 1.75. The molecule has 0 saturated carbocycles. The van der Waals surface area contributed by atoms with Crippen LogP contribution in [0.25, 0.3) is 0 Å². The predicted molar refractivity (Wildman–Crippen MR) is 77.2 cm³/mol. The van der Waals surface area contributed by atoms with Crippen LogP contribution in [0.5, 0.6) is 11.6 Å². The Kier molecular flexibility index (Phi) is 5.15. The quantitative estimate of drug-likeness (QED) is 0.884. The minimum Gasteiger partial charge on any atom is -0.490 e. The fourth-order valence-corrected chi connectivity index (χ4v) is 1.61. The molecular formula is C14H16ClN3O2. The van der Waals surface area contributed by atoms with E-state index in [0.29, 0.717) is 29.9 Å². The highest BCUT2D eigenvalue weighted by molar-refractivity contribution is 6.30. The molecule has 1 unspecified atom stereocenters. The monoisotopic (exact) mass is 293 g/mol. The Morgan fingerprint density at radius 1 is 1.20 bits per heavy atom. The van der Waals surface area contributed by atoms with Crippen LogP contribution in [-0.4, -0.2) is 29.2 Å². The topological polar surface area (TPSA) is 70.3 Å². The number of aromatic nitrogens is 2. The Labute approximate surface area is 122 Å². The van der Waals surface area contributed by atoms with Gasteiger partial charge in [0.05, 0.1) is 17.3 Å². The molecule has 0 aliphatic heterocycles. The third-order valence-corrected chi connectivity index (χ3v) is 2.68. The summed E-state index contributed by atoms with van der Waals surface area (Å²) in [7, 11) is 0. The molecule has 2 aromatic heterocycles. The van der Waals surface area contributed by atoms with Gasteiger partial charge in [-0.2, -0.15) is 0 Å². The number of nitrogens with zero attached hydrogens (tertiary/aromatic N) is 2. The van der Waals surface area contributed by atoms with E-state index < -0.39 is 0 Å². The maximum absolute atomic E-state index is 5.91. The van der Waals surface area contributed by atoms with Crippen LogP contribution in [0.15, 0.2) is 36.8 Å². The molecule has 106 valence electrons. The molecule has 0 aliphatic rings. The molecule has 2 aromatic rings. The first kappa shape index (κ1) is 14.6. The van der Waals surface area contributed by atoms with E-state index in [4.69, 9.17) is 26.8 Å². The Morgan fingerprint density at radius 3 is 2.70 bits per heavy atom. The number of hydrogen-bond donors (Lipinski definition) is 1. The number of nitrogens with two attached hydrogens (primary N) is 1. The first-order chi connectivity index (χ1) is 9.63. The average Bonchev–Trinajstić information content (AvgIpc) is 2.45. The molecule has 0 bridgehead atoms. The van der Waals surface area contributed by atoms with Crippen molar-refractivity contribution in [3.63, 3.8) is 0 Å². The van der Waals surface area contributed by atoms with E-state index in [1.807, 2.05) is 13.0 Å². The van der Waals surface area contributed by atoms with Gasteiger partial charge in [-0.25, -0.2) is 4.98 Å². The highest BCUT2D eigenvalue weighted by Crippen LogP contribution is 2.12. The van der Waals surface area contributed by atoms with Gasteiger partial charge < -0.3 is 15.2 Å². The minimum atomic E-state index is -0.256. The van der Waals surface area contributed by atoms with Gasteiger partial charge in [0.25, 0.3) is 0 Å². The summed E-state index contributed by atoms with van der Waals surface area (Å²) in [5.41, 5.74) is 6.95. The zero-order valence-corrected chi connectivity index (χ0v) is 11.9. The van der Waals surface area contributed by atoms with Crippen molar-refractivity contribution in [3.05, 3.63) is 47.4 Å². The zero-order valence-electron chi connectivity index (χ0n) is 11.1. The lowest BCUT2D eigenvalue weighted by atomic mass is 10.3. The number of pyridine rings is 2. The van der Waals surface area contributed by atoms with Gasteiger partial charge in [0.15, 0.2) is 0 Å². The third-order valence-electron chi connectivity index (χ3n) is 2.46. The van der Waals surface area contributed by atoms with Crippen LogP contribution in [0.3, 0.4) is 0 Å². The Hall–Kier alpha value is -1.85. The van der Waals surface area contributed by atoms with Crippen LogP contribution in [-0.2, 0) is 0 Å². The van der Waals surface area contributed by atoms with Crippen molar-refractivity contribution in [2.75, 3.05) is 13.2 Å². The summed E-state index contributed by atoms with van der Waals surface area (Å²) >= 11 is 5.74. The summed E-state index contributed by atoms with van der Waals surface area (Å²) in [6.45, 7) is 2.61. The molecule has 5 nitrogen and oxygen atoms in total. The lowest BCUT2D eigenvalue weighted by molar-refractivity contribution is 0.215. The number of hydrogen-bond acceptors (Lipinski definition) is 5. The molecule has 20 heavy (non-hydrogen) atoms. The van der Waals surface area contributed by atoms with Gasteiger partial charge in [0, 0.05) is 18.5 Å². The van der Waals surface area contributed by atoms with Gasteiger partial charge >= 0.3 is 0 Å². The highest BCUT2D eigenvalue weighted by Gasteiger charge is 2.06. The largest absolute Gasteiger partial charge is 0.490 e. The molecule has 2 N–H and O–H groups in total. The normalized spacial score (nSPS) is 11.9. The fraction of sp³-hybridized carbons (Fsp3) is 0.286. The maximum atomic E-state index is 5.91. The molecule has 0 spiro atoms. The van der Waals surface area contributed by atoms with Crippen molar-refractivity contribution in [2.24, 2.45) is 5.73 Å². The molecule has 0 aromatic carbocycles. The average molecular weight is 294 g/mol. The van der Waals surface area contributed by atoms with E-state index >= 15 is 0 Å². The summed E-state index contributed by atoms with van der Waals surface area (Å²) in [4.78, 5) is 8.06. The van der Waals surface area contributed by atoms with Crippen molar-refractivity contribution in [1.82, 2.24) is 9.97 Å². The van der Waals surface area contributed by atoms with E-state index in [2.05, 4.69) is 9.97 Å². The molecular weight excluding hydrogens is 278 g/mol. The van der Waals surface area contributed by atoms with E-state index in [1.165, 1.54) is 6.20 Å².